The van der Waals surface area contributed by atoms with Gasteiger partial charge in [-0.25, -0.2) is 9.97 Å². The summed E-state index contributed by atoms with van der Waals surface area (Å²) in [4.78, 5) is 16.7. The number of fused-ring (bicyclic) bond motifs is 2. The van der Waals surface area contributed by atoms with E-state index in [-0.39, 0.29) is 5.41 Å². The summed E-state index contributed by atoms with van der Waals surface area (Å²) in [6, 6.07) is 9.88. The maximum Gasteiger partial charge on any atom is 0.229 e. The third kappa shape index (κ3) is 3.55. The first-order valence-electron chi connectivity index (χ1n) is 10.6. The average molecular weight is 435 g/mol. The number of hydrogen-bond donors (Lipinski definition) is 1. The van der Waals surface area contributed by atoms with E-state index < -0.39 is 16.4 Å². The summed E-state index contributed by atoms with van der Waals surface area (Å²) in [5.41, 5.74) is 3.97. The Morgan fingerprint density at radius 2 is 1.87 bits per heavy atom. The van der Waals surface area contributed by atoms with Gasteiger partial charge in [-0.2, -0.15) is 0 Å². The van der Waals surface area contributed by atoms with E-state index in [1.54, 1.807) is 32.4 Å². The zero-order valence-electron chi connectivity index (χ0n) is 18.0. The van der Waals surface area contributed by atoms with E-state index in [0.717, 1.165) is 33.9 Å². The largest absolute Gasteiger partial charge is 0.386 e. The monoisotopic (exact) mass is 434 g/mol. The van der Waals surface area contributed by atoms with Crippen LogP contribution in [0.3, 0.4) is 0 Å². The van der Waals surface area contributed by atoms with Gasteiger partial charge in [0.1, 0.15) is 0 Å². The van der Waals surface area contributed by atoms with Crippen LogP contribution in [-0.4, -0.2) is 36.6 Å². The number of benzene rings is 1. The first-order chi connectivity index (χ1) is 14.8. The van der Waals surface area contributed by atoms with Gasteiger partial charge in [-0.1, -0.05) is 13.0 Å². The van der Waals surface area contributed by atoms with Crippen LogP contribution in [0.5, 0.6) is 0 Å². The molecule has 31 heavy (non-hydrogen) atoms. The summed E-state index contributed by atoms with van der Waals surface area (Å²) in [5, 5.41) is 10.3. The number of aliphatic hydroxyl groups is 1. The normalized spacial score (nSPS) is 17.6. The van der Waals surface area contributed by atoms with Gasteiger partial charge in [-0.15, -0.1) is 0 Å². The molecule has 1 spiro atoms. The summed E-state index contributed by atoms with van der Waals surface area (Å²) in [7, 11) is -0.993. The van der Waals surface area contributed by atoms with Gasteiger partial charge in [-0.05, 0) is 62.1 Å². The van der Waals surface area contributed by atoms with Crippen molar-refractivity contribution < 1.29 is 9.32 Å². The number of anilines is 2. The average Bonchev–Trinajstić information content (AvgIpc) is 3.49. The maximum absolute atomic E-state index is 12.4. The van der Waals surface area contributed by atoms with Crippen LogP contribution >= 0.6 is 0 Å². The summed E-state index contributed by atoms with van der Waals surface area (Å²) in [6.07, 6.45) is 7.59. The number of nitrogens with zero attached hydrogens (tertiary/aromatic N) is 4. The van der Waals surface area contributed by atoms with Gasteiger partial charge in [0.2, 0.25) is 5.95 Å². The van der Waals surface area contributed by atoms with E-state index in [4.69, 9.17) is 0 Å². The highest BCUT2D eigenvalue weighted by molar-refractivity contribution is 7.85. The van der Waals surface area contributed by atoms with E-state index in [2.05, 4.69) is 25.9 Å². The lowest BCUT2D eigenvalue weighted by Crippen LogP contribution is -2.21. The molecule has 1 aliphatic heterocycles. The minimum absolute atomic E-state index is 0.187. The molecule has 3 heterocycles. The lowest BCUT2D eigenvalue weighted by atomic mass is 9.98. The summed E-state index contributed by atoms with van der Waals surface area (Å²) in [6.45, 7) is 6.30. The molecule has 0 saturated heterocycles. The number of pyridine rings is 1. The molecule has 1 fully saturated rings. The molecule has 3 aromatic rings. The van der Waals surface area contributed by atoms with E-state index >= 15 is 0 Å². The smallest absolute Gasteiger partial charge is 0.229 e. The lowest BCUT2D eigenvalue weighted by Gasteiger charge is -2.19. The lowest BCUT2D eigenvalue weighted by molar-refractivity contribution is 0.0785. The number of rotatable bonds is 5. The molecule has 0 radical (unpaired) electrons. The standard InChI is InChI=1S/C24H26N4O2S/c1-4-31(30)18-5-6-19-21(12-18)28(15-24(19)8-9-24)22-26-13-16(14-27-22)20-11-17(7-10-25-20)23(2,3)29/h5-7,10-14,29H,4,8-9,15H2,1-3H3. The first-order valence-corrected chi connectivity index (χ1v) is 11.9. The van der Waals surface area contributed by atoms with Crippen LogP contribution in [0, 0.1) is 0 Å². The van der Waals surface area contributed by atoms with E-state index in [1.807, 2.05) is 31.2 Å². The van der Waals surface area contributed by atoms with Crippen LogP contribution in [0.4, 0.5) is 11.6 Å². The van der Waals surface area contributed by atoms with Crippen molar-refractivity contribution in [2.24, 2.45) is 0 Å². The topological polar surface area (TPSA) is 79.2 Å². The molecule has 1 aromatic carbocycles. The molecule has 5 rings (SSSR count). The third-order valence-electron chi connectivity index (χ3n) is 6.31. The first kappa shape index (κ1) is 20.3. The van der Waals surface area contributed by atoms with E-state index in [0.29, 0.717) is 11.7 Å². The zero-order valence-corrected chi connectivity index (χ0v) is 18.8. The SMILES string of the molecule is CCS(=O)c1ccc2c(c1)N(c1ncc(-c3cc(C(C)(C)O)ccn3)cn1)CC21CC1. The number of hydrogen-bond acceptors (Lipinski definition) is 6. The summed E-state index contributed by atoms with van der Waals surface area (Å²) >= 11 is 0. The fourth-order valence-corrected chi connectivity index (χ4v) is 5.08. The van der Waals surface area contributed by atoms with Crippen LogP contribution < -0.4 is 4.90 Å². The molecule has 1 aliphatic carbocycles. The Morgan fingerprint density at radius 3 is 2.52 bits per heavy atom. The quantitative estimate of drug-likeness (QED) is 0.652. The van der Waals surface area contributed by atoms with Crippen molar-refractivity contribution in [1.82, 2.24) is 15.0 Å². The highest BCUT2D eigenvalue weighted by atomic mass is 32.2. The molecule has 7 heteroatoms. The van der Waals surface area contributed by atoms with Crippen LogP contribution in [-0.2, 0) is 21.8 Å². The number of aromatic nitrogens is 3. The Morgan fingerprint density at radius 1 is 1.13 bits per heavy atom. The van der Waals surface area contributed by atoms with Gasteiger partial charge in [0, 0.05) is 52.4 Å². The maximum atomic E-state index is 12.4. The Bertz CT molecular complexity index is 1170. The molecule has 160 valence electrons. The predicted molar refractivity (Wildman–Crippen MR) is 122 cm³/mol. The summed E-state index contributed by atoms with van der Waals surface area (Å²) in [5.74, 6) is 1.25. The van der Waals surface area contributed by atoms with Crippen LogP contribution in [0.1, 0.15) is 44.7 Å². The minimum atomic E-state index is -0.993. The second-order valence-corrected chi connectivity index (χ2v) is 10.7. The van der Waals surface area contributed by atoms with Gasteiger partial charge < -0.3 is 10.0 Å². The molecular formula is C24H26N4O2S. The van der Waals surface area contributed by atoms with Gasteiger partial charge >= 0.3 is 0 Å². The molecule has 0 amide bonds. The summed E-state index contributed by atoms with van der Waals surface area (Å²) < 4.78 is 12.4. The van der Waals surface area contributed by atoms with E-state index in [1.165, 1.54) is 18.4 Å². The molecule has 2 aromatic heterocycles. The fraction of sp³-hybridized carbons (Fsp3) is 0.375. The Kier molecular flexibility index (Phi) is 4.71. The predicted octanol–water partition coefficient (Wildman–Crippen LogP) is 4.08. The van der Waals surface area contributed by atoms with Crippen LogP contribution in [0.25, 0.3) is 11.3 Å². The third-order valence-corrected chi connectivity index (χ3v) is 7.62. The van der Waals surface area contributed by atoms with Gasteiger partial charge in [0.15, 0.2) is 0 Å². The molecule has 2 aliphatic rings. The van der Waals surface area contributed by atoms with Gasteiger partial charge in [0.05, 0.1) is 22.1 Å². The van der Waals surface area contributed by atoms with Crippen LogP contribution in [0.15, 0.2) is 53.8 Å². The van der Waals surface area contributed by atoms with Crippen molar-refractivity contribution in [3.05, 3.63) is 60.0 Å². The highest BCUT2D eigenvalue weighted by Gasteiger charge is 2.52. The van der Waals surface area contributed by atoms with Gasteiger partial charge in [0.25, 0.3) is 0 Å². The molecule has 1 unspecified atom stereocenters. The Hall–Kier alpha value is -2.64. The van der Waals surface area contributed by atoms with Crippen molar-refractivity contribution in [1.29, 1.82) is 0 Å². The van der Waals surface area contributed by atoms with Gasteiger partial charge in [-0.3, -0.25) is 9.19 Å². The molecule has 6 nitrogen and oxygen atoms in total. The molecule has 0 bridgehead atoms. The van der Waals surface area contributed by atoms with Crippen molar-refractivity contribution >= 4 is 22.4 Å². The Balaban J connectivity index is 1.48. The highest BCUT2D eigenvalue weighted by Crippen LogP contribution is 2.57. The second kappa shape index (κ2) is 7.21. The van der Waals surface area contributed by atoms with Crippen molar-refractivity contribution in [2.75, 3.05) is 17.2 Å². The zero-order chi connectivity index (χ0) is 21.8. The molecule has 1 saturated carbocycles. The van der Waals surface area contributed by atoms with Crippen molar-refractivity contribution in [3.63, 3.8) is 0 Å². The second-order valence-electron chi connectivity index (χ2n) is 8.94. The van der Waals surface area contributed by atoms with Crippen LogP contribution in [0.2, 0.25) is 0 Å². The fourth-order valence-electron chi connectivity index (χ4n) is 4.28. The molecule has 1 N–H and O–H groups in total. The van der Waals surface area contributed by atoms with Crippen molar-refractivity contribution in [2.45, 2.75) is 49.5 Å². The Labute approximate surface area is 184 Å². The van der Waals surface area contributed by atoms with Crippen molar-refractivity contribution in [3.8, 4) is 11.3 Å². The molecular weight excluding hydrogens is 408 g/mol. The molecule has 1 atom stereocenters. The minimum Gasteiger partial charge on any atom is -0.386 e. The van der Waals surface area contributed by atoms with E-state index in [9.17, 15) is 9.32 Å².